The number of benzene rings is 1. The zero-order chi connectivity index (χ0) is 21.2. The summed E-state index contributed by atoms with van der Waals surface area (Å²) in [5.41, 5.74) is -1.32. The van der Waals surface area contributed by atoms with Crippen molar-refractivity contribution in [1.29, 1.82) is 0 Å². The molecule has 0 atom stereocenters. The topological polar surface area (TPSA) is 49.8 Å². The first-order valence-corrected chi connectivity index (χ1v) is 10.6. The molecule has 4 nitrogen and oxygen atoms in total. The molecular formula is C21H24ClF2NO3S. The average Bonchev–Trinajstić information content (AvgIpc) is 2.99. The number of carbonyl (C=O) groups is 1. The van der Waals surface area contributed by atoms with E-state index in [0.717, 1.165) is 31.0 Å². The van der Waals surface area contributed by atoms with Crippen LogP contribution in [0.5, 0.6) is 5.75 Å². The van der Waals surface area contributed by atoms with Crippen molar-refractivity contribution in [2.75, 3.05) is 27.0 Å². The molecule has 0 bridgehead atoms. The third-order valence-electron chi connectivity index (χ3n) is 5.42. The van der Waals surface area contributed by atoms with E-state index in [-0.39, 0.29) is 10.7 Å². The van der Waals surface area contributed by atoms with Crippen molar-refractivity contribution in [3.8, 4) is 5.75 Å². The number of rotatable bonds is 8. The first-order valence-electron chi connectivity index (χ1n) is 9.43. The van der Waals surface area contributed by atoms with Gasteiger partial charge in [0.15, 0.2) is 11.4 Å². The third-order valence-corrected chi connectivity index (χ3v) is 7.08. The lowest BCUT2D eigenvalue weighted by Gasteiger charge is -2.32. The minimum Gasteiger partial charge on any atom is -0.496 e. The average molecular weight is 444 g/mol. The van der Waals surface area contributed by atoms with Gasteiger partial charge in [0.25, 0.3) is 0 Å². The van der Waals surface area contributed by atoms with E-state index >= 15 is 0 Å². The highest BCUT2D eigenvalue weighted by molar-refractivity contribution is 8.07. The Morgan fingerprint density at radius 2 is 2.10 bits per heavy atom. The van der Waals surface area contributed by atoms with Gasteiger partial charge in [-0.1, -0.05) is 29.8 Å². The van der Waals surface area contributed by atoms with E-state index in [1.54, 1.807) is 19.1 Å². The molecule has 1 aliphatic heterocycles. The molecule has 0 radical (unpaired) electrons. The number of methoxy groups -OCH3 is 1. The van der Waals surface area contributed by atoms with Crippen LogP contribution in [-0.2, 0) is 0 Å². The Hall–Kier alpha value is -1.57. The summed E-state index contributed by atoms with van der Waals surface area (Å²) in [5.74, 6) is 0.509. The highest BCUT2D eigenvalue weighted by atomic mass is 35.5. The maximum atomic E-state index is 13.5. The number of aliphatic hydroxyl groups is 1. The Labute approximate surface area is 178 Å². The maximum absolute atomic E-state index is 13.5. The van der Waals surface area contributed by atoms with Crippen molar-refractivity contribution in [1.82, 2.24) is 4.90 Å². The summed E-state index contributed by atoms with van der Waals surface area (Å²) in [6.45, 7) is -0.0983. The molecule has 1 heterocycles. The molecule has 158 valence electrons. The number of alkyl halides is 2. The number of thioether (sulfide) groups is 1. The molecule has 1 fully saturated rings. The normalized spacial score (nSPS) is 19.1. The number of ether oxygens (including phenoxy) is 1. The molecule has 0 aromatic heterocycles. The molecule has 29 heavy (non-hydrogen) atoms. The quantitative estimate of drug-likeness (QED) is 0.446. The van der Waals surface area contributed by atoms with Gasteiger partial charge in [-0.15, -0.1) is 0 Å². The number of nitrogens with zero attached hydrogens (tertiary/aromatic N) is 1. The Bertz CT molecular complexity index is 850. The highest BCUT2D eigenvalue weighted by Gasteiger charge is 2.41. The smallest absolute Gasteiger partial charge is 0.192 e. The largest absolute Gasteiger partial charge is 0.496 e. The van der Waals surface area contributed by atoms with Gasteiger partial charge in [-0.25, -0.2) is 8.78 Å². The summed E-state index contributed by atoms with van der Waals surface area (Å²) in [7, 11) is 1.47. The van der Waals surface area contributed by atoms with Crippen LogP contribution in [0, 0.1) is 5.92 Å². The lowest BCUT2D eigenvalue weighted by molar-refractivity contribution is 0.0328. The molecule has 8 heteroatoms. The van der Waals surface area contributed by atoms with Gasteiger partial charge in [0.05, 0.1) is 17.7 Å². The predicted molar refractivity (Wildman–Crippen MR) is 112 cm³/mol. The number of hydrogen-bond acceptors (Lipinski definition) is 5. The Morgan fingerprint density at radius 1 is 1.41 bits per heavy atom. The summed E-state index contributed by atoms with van der Waals surface area (Å²) in [5, 5.41) is 11.3. The number of hydrogen-bond donors (Lipinski definition) is 1. The summed E-state index contributed by atoms with van der Waals surface area (Å²) < 4.78 is 32.2. The minimum absolute atomic E-state index is 0.207. The molecule has 0 unspecified atom stereocenters. The molecular weight excluding hydrogens is 420 g/mol. The van der Waals surface area contributed by atoms with Crippen LogP contribution in [0.15, 0.2) is 39.9 Å². The van der Waals surface area contributed by atoms with Crippen LogP contribution in [-0.4, -0.2) is 48.4 Å². The Kier molecular flexibility index (Phi) is 6.91. The summed E-state index contributed by atoms with van der Waals surface area (Å²) in [4.78, 5) is 15.1. The van der Waals surface area contributed by atoms with Gasteiger partial charge in [-0.2, -0.15) is 0 Å². The second-order valence-electron chi connectivity index (χ2n) is 7.41. The van der Waals surface area contributed by atoms with Crippen LogP contribution >= 0.6 is 23.4 Å². The van der Waals surface area contributed by atoms with Gasteiger partial charge in [0, 0.05) is 28.2 Å². The first-order chi connectivity index (χ1) is 13.8. The SMILES string of the molecule is COc1ccc(Cl)cc1C(=O)/C=C1\SC(C(O)(CF)CF)=C(C)N1CC1CCC1. The van der Waals surface area contributed by atoms with Crippen LogP contribution in [0.3, 0.4) is 0 Å². The fourth-order valence-electron chi connectivity index (χ4n) is 3.44. The molecule has 1 aliphatic carbocycles. The lowest BCUT2D eigenvalue weighted by atomic mass is 9.85. The molecule has 0 amide bonds. The van der Waals surface area contributed by atoms with E-state index in [2.05, 4.69) is 0 Å². The number of halogens is 3. The zero-order valence-electron chi connectivity index (χ0n) is 16.4. The standard InChI is InChI=1S/C21H24ClF2NO3S/c1-13-20(21(27,11-23)12-24)29-19(25(13)10-14-4-3-5-14)9-17(26)16-8-15(22)6-7-18(16)28-2/h6-9,14,27H,3-5,10-12H2,1-2H3/b19-9-. The van der Waals surface area contributed by atoms with E-state index < -0.39 is 19.0 Å². The van der Waals surface area contributed by atoms with Gasteiger partial charge in [0.2, 0.25) is 0 Å². The van der Waals surface area contributed by atoms with Crippen molar-refractivity contribution in [3.63, 3.8) is 0 Å². The van der Waals surface area contributed by atoms with E-state index in [1.807, 2.05) is 4.90 Å². The minimum atomic E-state index is -2.20. The van der Waals surface area contributed by atoms with E-state index in [4.69, 9.17) is 16.3 Å². The molecule has 1 N–H and O–H groups in total. The van der Waals surface area contributed by atoms with Crippen molar-refractivity contribution < 1.29 is 23.4 Å². The second kappa shape index (κ2) is 9.06. The van der Waals surface area contributed by atoms with Gasteiger partial charge < -0.3 is 14.7 Å². The summed E-state index contributed by atoms with van der Waals surface area (Å²) >= 11 is 7.08. The van der Waals surface area contributed by atoms with Crippen molar-refractivity contribution in [2.24, 2.45) is 5.92 Å². The molecule has 1 aromatic rings. The molecule has 1 aromatic carbocycles. The fourth-order valence-corrected chi connectivity index (χ4v) is 4.87. The van der Waals surface area contributed by atoms with Gasteiger partial charge in [0.1, 0.15) is 19.1 Å². The van der Waals surface area contributed by atoms with E-state index in [1.165, 1.54) is 19.3 Å². The van der Waals surface area contributed by atoms with Crippen molar-refractivity contribution in [3.05, 3.63) is 50.5 Å². The fraction of sp³-hybridized carbons (Fsp3) is 0.476. The molecule has 1 saturated carbocycles. The molecule has 3 rings (SSSR count). The number of carbonyl (C=O) groups excluding carboxylic acids is 1. The summed E-state index contributed by atoms with van der Waals surface area (Å²) in [6, 6.07) is 4.77. The molecule has 0 saturated heterocycles. The lowest BCUT2D eigenvalue weighted by Crippen LogP contribution is -2.36. The Morgan fingerprint density at radius 3 is 2.66 bits per heavy atom. The van der Waals surface area contributed by atoms with Crippen LogP contribution in [0.4, 0.5) is 8.78 Å². The van der Waals surface area contributed by atoms with Gasteiger partial charge in [-0.3, -0.25) is 4.79 Å². The monoisotopic (exact) mass is 443 g/mol. The third kappa shape index (κ3) is 4.47. The van der Waals surface area contributed by atoms with Crippen LogP contribution in [0.1, 0.15) is 36.5 Å². The highest BCUT2D eigenvalue weighted by Crippen LogP contribution is 2.48. The van der Waals surface area contributed by atoms with Crippen LogP contribution in [0.2, 0.25) is 5.02 Å². The first kappa shape index (κ1) is 22.1. The predicted octanol–water partition coefficient (Wildman–Crippen LogP) is 5.12. The molecule has 2 aliphatic rings. The number of ketones is 1. The number of allylic oxidation sites excluding steroid dienone is 2. The Balaban J connectivity index is 1.96. The van der Waals surface area contributed by atoms with E-state index in [9.17, 15) is 18.7 Å². The maximum Gasteiger partial charge on any atom is 0.192 e. The van der Waals surface area contributed by atoms with Gasteiger partial charge in [-0.05, 0) is 43.9 Å². The van der Waals surface area contributed by atoms with Gasteiger partial charge >= 0.3 is 0 Å². The summed E-state index contributed by atoms with van der Waals surface area (Å²) in [6.07, 6.45) is 4.72. The van der Waals surface area contributed by atoms with E-state index in [0.29, 0.717) is 39.5 Å². The van der Waals surface area contributed by atoms with Crippen molar-refractivity contribution in [2.45, 2.75) is 31.8 Å². The second-order valence-corrected chi connectivity index (χ2v) is 8.88. The zero-order valence-corrected chi connectivity index (χ0v) is 18.0. The molecule has 0 spiro atoms. The van der Waals surface area contributed by atoms with Crippen molar-refractivity contribution >= 4 is 29.1 Å². The van der Waals surface area contributed by atoms with Crippen LogP contribution < -0.4 is 4.74 Å². The van der Waals surface area contributed by atoms with Crippen LogP contribution in [0.25, 0.3) is 0 Å².